The van der Waals surface area contributed by atoms with Gasteiger partial charge in [0.25, 0.3) is 0 Å². The molecule has 2 rings (SSSR count). The fourth-order valence-electron chi connectivity index (χ4n) is 2.04. The molecule has 20 heavy (non-hydrogen) atoms. The Morgan fingerprint density at radius 3 is 2.85 bits per heavy atom. The van der Waals surface area contributed by atoms with Gasteiger partial charge in [0.15, 0.2) is 0 Å². The molecule has 1 N–H and O–H groups in total. The molecule has 1 unspecified atom stereocenters. The molecule has 0 bridgehead atoms. The van der Waals surface area contributed by atoms with E-state index < -0.39 is 0 Å². The van der Waals surface area contributed by atoms with E-state index in [1.165, 1.54) is 16.0 Å². The Bertz CT molecular complexity index is 539. The number of hydrogen-bond donors (Lipinski definition) is 1. The average molecular weight is 290 g/mol. The van der Waals surface area contributed by atoms with Crippen LogP contribution >= 0.6 is 11.3 Å². The highest BCUT2D eigenvalue weighted by molar-refractivity contribution is 7.11. The van der Waals surface area contributed by atoms with Crippen molar-refractivity contribution in [1.29, 1.82) is 0 Å². The van der Waals surface area contributed by atoms with Gasteiger partial charge in [-0.25, -0.2) is 4.98 Å². The number of benzene rings is 1. The van der Waals surface area contributed by atoms with Crippen molar-refractivity contribution in [1.82, 2.24) is 10.3 Å². The zero-order valence-electron chi connectivity index (χ0n) is 12.3. The molecule has 0 fully saturated rings. The Hall–Kier alpha value is -1.23. The lowest BCUT2D eigenvalue weighted by Gasteiger charge is -2.12. The number of rotatable bonds is 7. The quantitative estimate of drug-likeness (QED) is 0.844. The molecule has 0 saturated heterocycles. The molecule has 1 aromatic carbocycles. The monoisotopic (exact) mass is 290 g/mol. The molecule has 1 heterocycles. The lowest BCUT2D eigenvalue weighted by Crippen LogP contribution is -2.17. The fraction of sp³-hybridized carbons (Fsp3) is 0.438. The van der Waals surface area contributed by atoms with Crippen LogP contribution in [0.4, 0.5) is 0 Å². The van der Waals surface area contributed by atoms with Gasteiger partial charge in [0.2, 0.25) is 0 Å². The van der Waals surface area contributed by atoms with E-state index in [2.05, 4.69) is 48.4 Å². The van der Waals surface area contributed by atoms with Gasteiger partial charge in [-0.2, -0.15) is 0 Å². The van der Waals surface area contributed by atoms with Gasteiger partial charge in [0.05, 0.1) is 12.6 Å². The van der Waals surface area contributed by atoms with Crippen molar-refractivity contribution in [3.05, 3.63) is 51.5 Å². The van der Waals surface area contributed by atoms with Gasteiger partial charge in [-0.15, -0.1) is 11.3 Å². The van der Waals surface area contributed by atoms with Crippen LogP contribution in [0.5, 0.6) is 0 Å². The van der Waals surface area contributed by atoms with Crippen LogP contribution in [-0.4, -0.2) is 12.1 Å². The molecule has 3 nitrogen and oxygen atoms in total. The summed E-state index contributed by atoms with van der Waals surface area (Å²) in [6.07, 6.45) is 3.04. The molecule has 0 saturated carbocycles. The van der Waals surface area contributed by atoms with Crippen LogP contribution in [0.15, 0.2) is 30.5 Å². The summed E-state index contributed by atoms with van der Waals surface area (Å²) in [5.74, 6) is 0. The van der Waals surface area contributed by atoms with Gasteiger partial charge in [0, 0.05) is 24.7 Å². The second-order valence-electron chi connectivity index (χ2n) is 4.87. The van der Waals surface area contributed by atoms with E-state index in [-0.39, 0.29) is 6.04 Å². The van der Waals surface area contributed by atoms with Crippen molar-refractivity contribution in [2.45, 2.75) is 39.5 Å². The van der Waals surface area contributed by atoms with E-state index in [0.29, 0.717) is 6.61 Å². The number of ether oxygens (including phenoxy) is 1. The number of nitrogens with one attached hydrogen (secondary N) is 1. The molecule has 108 valence electrons. The van der Waals surface area contributed by atoms with Crippen LogP contribution in [0, 0.1) is 0 Å². The second-order valence-corrected chi connectivity index (χ2v) is 6.02. The summed E-state index contributed by atoms with van der Waals surface area (Å²) in [6.45, 7) is 5.84. The Morgan fingerprint density at radius 2 is 2.15 bits per heavy atom. The van der Waals surface area contributed by atoms with E-state index in [1.54, 1.807) is 18.4 Å². The topological polar surface area (TPSA) is 34.2 Å². The van der Waals surface area contributed by atoms with E-state index in [4.69, 9.17) is 4.74 Å². The summed E-state index contributed by atoms with van der Waals surface area (Å²) in [4.78, 5) is 5.83. The summed E-state index contributed by atoms with van der Waals surface area (Å²) in [5, 5.41) is 4.69. The number of thiazole rings is 1. The van der Waals surface area contributed by atoms with Crippen molar-refractivity contribution in [3.8, 4) is 0 Å². The molecule has 0 aliphatic heterocycles. The molecule has 0 aliphatic rings. The van der Waals surface area contributed by atoms with Gasteiger partial charge in [-0.3, -0.25) is 0 Å². The minimum absolute atomic E-state index is 0.284. The van der Waals surface area contributed by atoms with Gasteiger partial charge in [-0.05, 0) is 24.5 Å². The highest BCUT2D eigenvalue weighted by Crippen LogP contribution is 2.20. The van der Waals surface area contributed by atoms with Gasteiger partial charge in [0.1, 0.15) is 5.01 Å². The van der Waals surface area contributed by atoms with Crippen LogP contribution in [0.3, 0.4) is 0 Å². The lowest BCUT2D eigenvalue weighted by atomic mass is 10.1. The molecule has 0 spiro atoms. The Morgan fingerprint density at radius 1 is 1.35 bits per heavy atom. The molecule has 0 amide bonds. The molecule has 1 aromatic heterocycles. The molecule has 0 radical (unpaired) electrons. The first-order valence-electron chi connectivity index (χ1n) is 6.97. The third-order valence-corrected chi connectivity index (χ3v) is 4.53. The maximum atomic E-state index is 5.16. The van der Waals surface area contributed by atoms with Crippen molar-refractivity contribution < 1.29 is 4.74 Å². The van der Waals surface area contributed by atoms with Crippen molar-refractivity contribution in [3.63, 3.8) is 0 Å². The van der Waals surface area contributed by atoms with Gasteiger partial charge >= 0.3 is 0 Å². The summed E-state index contributed by atoms with van der Waals surface area (Å²) >= 11 is 1.79. The highest BCUT2D eigenvalue weighted by Gasteiger charge is 2.09. The standard InChI is InChI=1S/C16H22N2OS/c1-4-15-10-18-16(20-15)12(2)17-9-13-6-5-7-14(8-13)11-19-3/h5-8,10,12,17H,4,9,11H2,1-3H3. The normalized spacial score (nSPS) is 12.6. The largest absolute Gasteiger partial charge is 0.380 e. The SMILES string of the molecule is CCc1cnc(C(C)NCc2cccc(COC)c2)s1. The number of methoxy groups -OCH3 is 1. The molecular weight excluding hydrogens is 268 g/mol. The highest BCUT2D eigenvalue weighted by atomic mass is 32.1. The maximum absolute atomic E-state index is 5.16. The van der Waals surface area contributed by atoms with E-state index in [0.717, 1.165) is 18.0 Å². The van der Waals surface area contributed by atoms with Crippen LogP contribution < -0.4 is 5.32 Å². The summed E-state index contributed by atoms with van der Waals surface area (Å²) in [5.41, 5.74) is 2.49. The third kappa shape index (κ3) is 4.13. The molecule has 2 aromatic rings. The second kappa shape index (κ2) is 7.53. The Labute approximate surface area is 125 Å². The Kier molecular flexibility index (Phi) is 5.71. The molecule has 0 aliphatic carbocycles. The van der Waals surface area contributed by atoms with Gasteiger partial charge in [-0.1, -0.05) is 31.2 Å². The first-order valence-corrected chi connectivity index (χ1v) is 7.79. The molecule has 4 heteroatoms. The zero-order chi connectivity index (χ0) is 14.4. The van der Waals surface area contributed by atoms with Gasteiger partial charge < -0.3 is 10.1 Å². The van der Waals surface area contributed by atoms with E-state index in [1.807, 2.05) is 6.20 Å². The third-order valence-electron chi connectivity index (χ3n) is 3.21. The maximum Gasteiger partial charge on any atom is 0.109 e. The minimum Gasteiger partial charge on any atom is -0.380 e. The van der Waals surface area contributed by atoms with Crippen LogP contribution in [-0.2, 0) is 24.3 Å². The van der Waals surface area contributed by atoms with Crippen LogP contribution in [0.25, 0.3) is 0 Å². The zero-order valence-corrected chi connectivity index (χ0v) is 13.2. The number of aromatic nitrogens is 1. The van der Waals surface area contributed by atoms with E-state index in [9.17, 15) is 0 Å². The fourth-order valence-corrected chi connectivity index (χ4v) is 2.92. The number of nitrogens with zero attached hydrogens (tertiary/aromatic N) is 1. The van der Waals surface area contributed by atoms with Crippen molar-refractivity contribution in [2.75, 3.05) is 7.11 Å². The number of hydrogen-bond acceptors (Lipinski definition) is 4. The number of aryl methyl sites for hydroxylation is 1. The smallest absolute Gasteiger partial charge is 0.109 e. The molecular formula is C16H22N2OS. The Balaban J connectivity index is 1.92. The lowest BCUT2D eigenvalue weighted by molar-refractivity contribution is 0.185. The van der Waals surface area contributed by atoms with Crippen molar-refractivity contribution in [2.24, 2.45) is 0 Å². The minimum atomic E-state index is 0.284. The summed E-state index contributed by atoms with van der Waals surface area (Å²) < 4.78 is 5.16. The van der Waals surface area contributed by atoms with Crippen molar-refractivity contribution >= 4 is 11.3 Å². The summed E-state index contributed by atoms with van der Waals surface area (Å²) in [6, 6.07) is 8.77. The predicted molar refractivity (Wildman–Crippen MR) is 83.9 cm³/mol. The average Bonchev–Trinajstić information content (AvgIpc) is 2.94. The first-order chi connectivity index (χ1) is 9.72. The molecule has 1 atom stereocenters. The predicted octanol–water partition coefficient (Wildman–Crippen LogP) is 3.70. The van der Waals surface area contributed by atoms with Crippen LogP contribution in [0.1, 0.15) is 40.9 Å². The first kappa shape index (κ1) is 15.2. The van der Waals surface area contributed by atoms with Crippen LogP contribution in [0.2, 0.25) is 0 Å². The van der Waals surface area contributed by atoms with E-state index >= 15 is 0 Å². The summed E-state index contributed by atoms with van der Waals surface area (Å²) in [7, 11) is 1.72.